The van der Waals surface area contributed by atoms with Crippen molar-refractivity contribution in [3.8, 4) is 0 Å². The van der Waals surface area contributed by atoms with E-state index in [1.165, 1.54) is 20.8 Å². The van der Waals surface area contributed by atoms with Gasteiger partial charge in [-0.3, -0.25) is 4.79 Å². The van der Waals surface area contributed by atoms with Gasteiger partial charge in [0, 0.05) is 10.0 Å². The van der Waals surface area contributed by atoms with Crippen molar-refractivity contribution in [1.29, 1.82) is 0 Å². The highest BCUT2D eigenvalue weighted by Crippen LogP contribution is 2.45. The lowest BCUT2D eigenvalue weighted by atomic mass is 9.73. The quantitative estimate of drug-likeness (QED) is 0.920. The lowest BCUT2D eigenvalue weighted by molar-refractivity contribution is -0.156. The normalized spacial score (nSPS) is 15.6. The fourth-order valence-corrected chi connectivity index (χ4v) is 2.04. The maximum Gasteiger partial charge on any atom is 0.312 e. The Morgan fingerprint density at radius 2 is 1.81 bits per heavy atom. The zero-order valence-corrected chi connectivity index (χ0v) is 11.0. The van der Waals surface area contributed by atoms with Crippen LogP contribution in [0.15, 0.2) is 28.7 Å². The molecular formula is C12H14BrFO2. The van der Waals surface area contributed by atoms with Crippen LogP contribution in [0, 0.1) is 5.41 Å². The summed E-state index contributed by atoms with van der Waals surface area (Å²) in [5, 5.41) is 9.07. The predicted octanol–water partition coefficient (Wildman–Crippen LogP) is 3.74. The monoisotopic (exact) mass is 288 g/mol. The van der Waals surface area contributed by atoms with Crippen molar-refractivity contribution >= 4 is 21.9 Å². The molecule has 0 fully saturated rings. The maximum absolute atomic E-state index is 14.7. The van der Waals surface area contributed by atoms with E-state index in [0.717, 1.165) is 0 Å². The van der Waals surface area contributed by atoms with Gasteiger partial charge in [-0.1, -0.05) is 34.1 Å². The molecule has 1 atom stereocenters. The zero-order valence-electron chi connectivity index (χ0n) is 9.42. The van der Waals surface area contributed by atoms with Crippen molar-refractivity contribution in [1.82, 2.24) is 0 Å². The van der Waals surface area contributed by atoms with Gasteiger partial charge in [0.2, 0.25) is 0 Å². The Labute approximate surface area is 103 Å². The molecular weight excluding hydrogens is 275 g/mol. The Morgan fingerprint density at radius 3 is 2.25 bits per heavy atom. The lowest BCUT2D eigenvalue weighted by Gasteiger charge is -2.35. The van der Waals surface area contributed by atoms with E-state index in [9.17, 15) is 9.18 Å². The van der Waals surface area contributed by atoms with Gasteiger partial charge < -0.3 is 5.11 Å². The number of hydrogen-bond acceptors (Lipinski definition) is 1. The SMILES string of the molecule is CC(C)(C(=O)O)C(C)(F)c1ccccc1Br. The largest absolute Gasteiger partial charge is 0.481 e. The first-order chi connectivity index (χ1) is 7.21. The number of carboxylic acids is 1. The third kappa shape index (κ3) is 1.98. The number of carboxylic acid groups (broad SMARTS) is 1. The molecule has 2 nitrogen and oxygen atoms in total. The fraction of sp³-hybridized carbons (Fsp3) is 0.417. The molecule has 0 aliphatic carbocycles. The van der Waals surface area contributed by atoms with Gasteiger partial charge in [0.05, 0.1) is 0 Å². The van der Waals surface area contributed by atoms with Crippen LogP contribution in [0.1, 0.15) is 26.3 Å². The first kappa shape index (κ1) is 13.2. The molecule has 4 heteroatoms. The summed E-state index contributed by atoms with van der Waals surface area (Å²) in [7, 11) is 0. The summed E-state index contributed by atoms with van der Waals surface area (Å²) in [6.07, 6.45) is 0. The molecule has 0 saturated heterocycles. The summed E-state index contributed by atoms with van der Waals surface area (Å²) in [4.78, 5) is 11.1. The summed E-state index contributed by atoms with van der Waals surface area (Å²) >= 11 is 3.24. The Hall–Kier alpha value is -0.900. The Balaban J connectivity index is 3.32. The van der Waals surface area contributed by atoms with E-state index in [1.54, 1.807) is 24.3 Å². The summed E-state index contributed by atoms with van der Waals surface area (Å²) in [6, 6.07) is 6.74. The van der Waals surface area contributed by atoms with Crippen LogP contribution in [0.4, 0.5) is 4.39 Å². The minimum Gasteiger partial charge on any atom is -0.481 e. The molecule has 0 aliphatic heterocycles. The van der Waals surface area contributed by atoms with Crippen molar-refractivity contribution in [2.24, 2.45) is 5.41 Å². The number of benzene rings is 1. The zero-order chi connectivity index (χ0) is 12.6. The van der Waals surface area contributed by atoms with E-state index >= 15 is 0 Å². The Kier molecular flexibility index (Phi) is 3.43. The van der Waals surface area contributed by atoms with Crippen LogP contribution in [0.25, 0.3) is 0 Å². The first-order valence-electron chi connectivity index (χ1n) is 4.88. The average molecular weight is 289 g/mol. The Bertz CT molecular complexity index is 413. The van der Waals surface area contributed by atoms with Crippen molar-refractivity contribution in [3.05, 3.63) is 34.3 Å². The van der Waals surface area contributed by atoms with E-state index in [2.05, 4.69) is 15.9 Å². The molecule has 0 radical (unpaired) electrons. The van der Waals surface area contributed by atoms with Crippen molar-refractivity contribution in [2.75, 3.05) is 0 Å². The molecule has 0 heterocycles. The lowest BCUT2D eigenvalue weighted by Crippen LogP contribution is -2.42. The molecule has 1 rings (SSSR count). The average Bonchev–Trinajstić information content (AvgIpc) is 2.17. The van der Waals surface area contributed by atoms with Crippen LogP contribution in [0.3, 0.4) is 0 Å². The molecule has 0 aliphatic rings. The standard InChI is InChI=1S/C12H14BrFO2/c1-11(2,10(15)16)12(3,14)8-6-4-5-7-9(8)13/h4-7H,1-3H3,(H,15,16). The first-order valence-corrected chi connectivity index (χ1v) is 5.68. The van der Waals surface area contributed by atoms with Crippen LogP contribution < -0.4 is 0 Å². The molecule has 0 saturated carbocycles. The molecule has 1 aromatic rings. The highest BCUT2D eigenvalue weighted by Gasteiger charge is 2.49. The molecule has 1 unspecified atom stereocenters. The van der Waals surface area contributed by atoms with Crippen molar-refractivity contribution in [3.63, 3.8) is 0 Å². The van der Waals surface area contributed by atoms with E-state index < -0.39 is 17.1 Å². The van der Waals surface area contributed by atoms with Gasteiger partial charge in [-0.2, -0.15) is 0 Å². The predicted molar refractivity (Wildman–Crippen MR) is 64.0 cm³/mol. The molecule has 88 valence electrons. The number of hydrogen-bond donors (Lipinski definition) is 1. The topological polar surface area (TPSA) is 37.3 Å². The number of halogens is 2. The third-order valence-electron chi connectivity index (χ3n) is 3.09. The minimum atomic E-state index is -1.95. The molecule has 0 bridgehead atoms. The van der Waals surface area contributed by atoms with E-state index in [1.807, 2.05) is 0 Å². The second-order valence-corrected chi connectivity index (χ2v) is 5.27. The molecule has 1 N–H and O–H groups in total. The smallest absolute Gasteiger partial charge is 0.312 e. The van der Waals surface area contributed by atoms with Gasteiger partial charge in [0.1, 0.15) is 11.1 Å². The van der Waals surface area contributed by atoms with E-state index in [0.29, 0.717) is 10.0 Å². The van der Waals surface area contributed by atoms with Gasteiger partial charge in [-0.15, -0.1) is 0 Å². The van der Waals surface area contributed by atoms with Crippen LogP contribution in [0.2, 0.25) is 0 Å². The molecule has 1 aromatic carbocycles. The van der Waals surface area contributed by atoms with Crippen LogP contribution in [0.5, 0.6) is 0 Å². The molecule has 0 spiro atoms. The Morgan fingerprint density at radius 1 is 1.31 bits per heavy atom. The van der Waals surface area contributed by atoms with Gasteiger partial charge in [-0.05, 0) is 26.8 Å². The highest BCUT2D eigenvalue weighted by atomic mass is 79.9. The van der Waals surface area contributed by atoms with Crippen LogP contribution in [-0.2, 0) is 10.5 Å². The second-order valence-electron chi connectivity index (χ2n) is 4.41. The third-order valence-corrected chi connectivity index (χ3v) is 3.78. The van der Waals surface area contributed by atoms with Crippen molar-refractivity contribution < 1.29 is 14.3 Å². The van der Waals surface area contributed by atoms with Crippen molar-refractivity contribution in [2.45, 2.75) is 26.4 Å². The summed E-state index contributed by atoms with van der Waals surface area (Å²) in [5.74, 6) is -1.16. The van der Waals surface area contributed by atoms with Gasteiger partial charge in [0.25, 0.3) is 0 Å². The number of alkyl halides is 1. The highest BCUT2D eigenvalue weighted by molar-refractivity contribution is 9.10. The number of carbonyl (C=O) groups is 1. The molecule has 0 aromatic heterocycles. The van der Waals surface area contributed by atoms with Gasteiger partial charge in [-0.25, -0.2) is 4.39 Å². The second kappa shape index (κ2) is 4.17. The summed E-state index contributed by atoms with van der Waals surface area (Å²) in [6.45, 7) is 4.06. The number of aliphatic carboxylic acids is 1. The molecule has 16 heavy (non-hydrogen) atoms. The molecule has 0 amide bonds. The summed E-state index contributed by atoms with van der Waals surface area (Å²) in [5.41, 5.74) is -3.09. The summed E-state index contributed by atoms with van der Waals surface area (Å²) < 4.78 is 15.3. The van der Waals surface area contributed by atoms with Gasteiger partial charge >= 0.3 is 5.97 Å². The fourth-order valence-electron chi connectivity index (χ4n) is 1.38. The van der Waals surface area contributed by atoms with Crippen LogP contribution in [-0.4, -0.2) is 11.1 Å². The maximum atomic E-state index is 14.7. The minimum absolute atomic E-state index is 0.349. The van der Waals surface area contributed by atoms with E-state index in [4.69, 9.17) is 5.11 Å². The van der Waals surface area contributed by atoms with E-state index in [-0.39, 0.29) is 0 Å². The number of rotatable bonds is 3. The van der Waals surface area contributed by atoms with Gasteiger partial charge in [0.15, 0.2) is 0 Å². The van der Waals surface area contributed by atoms with Crippen LogP contribution >= 0.6 is 15.9 Å².